The molecule has 0 unspecified atom stereocenters. The molecular formula is C13H19BrN2O3. The summed E-state index contributed by atoms with van der Waals surface area (Å²) in [4.78, 5) is 11.5. The van der Waals surface area contributed by atoms with E-state index in [0.29, 0.717) is 31.0 Å². The summed E-state index contributed by atoms with van der Waals surface area (Å²) < 4.78 is 11.3. The predicted octanol–water partition coefficient (Wildman–Crippen LogP) is 1.69. The molecule has 5 nitrogen and oxygen atoms in total. The highest BCUT2D eigenvalue weighted by Crippen LogP contribution is 2.36. The number of halogens is 1. The number of methoxy groups -OCH3 is 2. The summed E-state index contributed by atoms with van der Waals surface area (Å²) in [7, 11) is 4.99. The number of rotatable bonds is 7. The molecule has 0 aromatic heterocycles. The van der Waals surface area contributed by atoms with Gasteiger partial charge in [-0.1, -0.05) is 0 Å². The molecule has 1 aromatic rings. The molecule has 0 fully saturated rings. The van der Waals surface area contributed by atoms with Crippen molar-refractivity contribution >= 4 is 21.8 Å². The minimum absolute atomic E-state index is 0.0141. The Morgan fingerprint density at radius 2 is 2.05 bits per heavy atom. The van der Waals surface area contributed by atoms with Crippen LogP contribution in [0.5, 0.6) is 11.5 Å². The average molecular weight is 331 g/mol. The van der Waals surface area contributed by atoms with Gasteiger partial charge in [-0.2, -0.15) is 0 Å². The third-order valence-corrected chi connectivity index (χ3v) is 3.17. The lowest BCUT2D eigenvalue weighted by molar-refractivity contribution is -0.121. The summed E-state index contributed by atoms with van der Waals surface area (Å²) in [5.74, 6) is 1.30. The Bertz CT molecular complexity index is 438. The minimum Gasteiger partial charge on any atom is -0.493 e. The van der Waals surface area contributed by atoms with Gasteiger partial charge in [0.25, 0.3) is 0 Å². The minimum atomic E-state index is 0.0141. The van der Waals surface area contributed by atoms with Gasteiger partial charge in [0.05, 0.1) is 18.7 Å². The van der Waals surface area contributed by atoms with Crippen molar-refractivity contribution in [3.05, 3.63) is 22.2 Å². The molecular weight excluding hydrogens is 312 g/mol. The molecule has 0 heterocycles. The van der Waals surface area contributed by atoms with Crippen molar-refractivity contribution < 1.29 is 14.3 Å². The van der Waals surface area contributed by atoms with Crippen LogP contribution in [-0.2, 0) is 11.3 Å². The van der Waals surface area contributed by atoms with Gasteiger partial charge in [0.15, 0.2) is 11.5 Å². The number of amides is 1. The molecule has 19 heavy (non-hydrogen) atoms. The van der Waals surface area contributed by atoms with Crippen molar-refractivity contribution in [2.45, 2.75) is 13.0 Å². The lowest BCUT2D eigenvalue weighted by atomic mass is 10.2. The van der Waals surface area contributed by atoms with Gasteiger partial charge >= 0.3 is 0 Å². The Labute approximate surface area is 121 Å². The molecule has 2 N–H and O–H groups in total. The summed E-state index contributed by atoms with van der Waals surface area (Å²) in [5.41, 5.74) is 0.947. The van der Waals surface area contributed by atoms with Gasteiger partial charge in [0.2, 0.25) is 5.91 Å². The zero-order chi connectivity index (χ0) is 14.3. The van der Waals surface area contributed by atoms with Gasteiger partial charge in [-0.05, 0) is 40.7 Å². The molecule has 0 saturated carbocycles. The highest BCUT2D eigenvalue weighted by Gasteiger charge is 2.11. The lowest BCUT2D eigenvalue weighted by Crippen LogP contribution is -2.26. The summed E-state index contributed by atoms with van der Waals surface area (Å²) >= 11 is 3.42. The zero-order valence-corrected chi connectivity index (χ0v) is 13.0. The second-order valence-electron chi connectivity index (χ2n) is 3.94. The van der Waals surface area contributed by atoms with Gasteiger partial charge < -0.3 is 20.1 Å². The van der Waals surface area contributed by atoms with Crippen molar-refractivity contribution in [1.29, 1.82) is 0 Å². The van der Waals surface area contributed by atoms with Crippen LogP contribution in [0.1, 0.15) is 12.0 Å². The number of benzene rings is 1. The van der Waals surface area contributed by atoms with Crippen molar-refractivity contribution in [2.24, 2.45) is 0 Å². The van der Waals surface area contributed by atoms with E-state index in [1.54, 1.807) is 14.2 Å². The molecule has 0 atom stereocenters. The van der Waals surface area contributed by atoms with E-state index in [1.165, 1.54) is 0 Å². The SMILES string of the molecule is CNCCC(=O)NCc1cc(Br)c(OC)c(OC)c1. The Hall–Kier alpha value is -1.27. The second kappa shape index (κ2) is 8.01. The van der Waals surface area contributed by atoms with Gasteiger partial charge in [-0.15, -0.1) is 0 Å². The average Bonchev–Trinajstić information content (AvgIpc) is 2.42. The first kappa shape index (κ1) is 15.8. The number of hydrogen-bond donors (Lipinski definition) is 2. The molecule has 0 aliphatic carbocycles. The first-order chi connectivity index (χ1) is 9.12. The smallest absolute Gasteiger partial charge is 0.221 e. The summed E-state index contributed by atoms with van der Waals surface area (Å²) in [5, 5.41) is 5.79. The Morgan fingerprint density at radius 3 is 2.63 bits per heavy atom. The van der Waals surface area contributed by atoms with Crippen LogP contribution in [0.2, 0.25) is 0 Å². The van der Waals surface area contributed by atoms with Crippen molar-refractivity contribution in [3.63, 3.8) is 0 Å². The first-order valence-corrected chi connectivity index (χ1v) is 6.73. The number of carbonyl (C=O) groups is 1. The quantitative estimate of drug-likeness (QED) is 0.798. The molecule has 0 saturated heterocycles. The maximum Gasteiger partial charge on any atom is 0.221 e. The normalized spacial score (nSPS) is 10.1. The van der Waals surface area contributed by atoms with E-state index in [4.69, 9.17) is 9.47 Å². The van der Waals surface area contributed by atoms with Crippen molar-refractivity contribution in [1.82, 2.24) is 10.6 Å². The van der Waals surface area contributed by atoms with E-state index in [1.807, 2.05) is 19.2 Å². The first-order valence-electron chi connectivity index (χ1n) is 5.94. The fourth-order valence-corrected chi connectivity index (χ4v) is 2.25. The zero-order valence-electron chi connectivity index (χ0n) is 11.4. The molecule has 1 aromatic carbocycles. The van der Waals surface area contributed by atoms with E-state index in [9.17, 15) is 4.79 Å². The van der Waals surface area contributed by atoms with E-state index >= 15 is 0 Å². The second-order valence-corrected chi connectivity index (χ2v) is 4.80. The molecule has 1 amide bonds. The van der Waals surface area contributed by atoms with Crippen LogP contribution in [0.25, 0.3) is 0 Å². The number of carbonyl (C=O) groups excluding carboxylic acids is 1. The van der Waals surface area contributed by atoms with Gasteiger partial charge in [0, 0.05) is 19.5 Å². The van der Waals surface area contributed by atoms with E-state index in [0.717, 1.165) is 10.0 Å². The van der Waals surface area contributed by atoms with Gasteiger partial charge in [-0.3, -0.25) is 4.79 Å². The molecule has 0 bridgehead atoms. The standard InChI is InChI=1S/C13H19BrN2O3/c1-15-5-4-12(17)16-8-9-6-10(14)13(19-3)11(7-9)18-2/h6-7,15H,4-5,8H2,1-3H3,(H,16,17). The summed E-state index contributed by atoms with van der Waals surface area (Å²) in [6, 6.07) is 3.75. The van der Waals surface area contributed by atoms with E-state index < -0.39 is 0 Å². The molecule has 0 spiro atoms. The molecule has 106 valence electrons. The topological polar surface area (TPSA) is 59.6 Å². The van der Waals surface area contributed by atoms with Crippen LogP contribution in [0.15, 0.2) is 16.6 Å². The van der Waals surface area contributed by atoms with E-state index in [2.05, 4.69) is 26.6 Å². The molecule has 0 aliphatic rings. The van der Waals surface area contributed by atoms with E-state index in [-0.39, 0.29) is 5.91 Å². The Balaban J connectivity index is 2.69. The van der Waals surface area contributed by atoms with Crippen molar-refractivity contribution in [2.75, 3.05) is 27.8 Å². The predicted molar refractivity (Wildman–Crippen MR) is 77.6 cm³/mol. The highest BCUT2D eigenvalue weighted by molar-refractivity contribution is 9.10. The maximum atomic E-state index is 11.5. The molecule has 6 heteroatoms. The van der Waals surface area contributed by atoms with Crippen LogP contribution in [0.3, 0.4) is 0 Å². The highest BCUT2D eigenvalue weighted by atomic mass is 79.9. The van der Waals surface area contributed by atoms with Crippen LogP contribution in [0, 0.1) is 0 Å². The third-order valence-electron chi connectivity index (χ3n) is 2.59. The monoisotopic (exact) mass is 330 g/mol. The molecule has 0 radical (unpaired) electrons. The van der Waals surface area contributed by atoms with Crippen LogP contribution < -0.4 is 20.1 Å². The summed E-state index contributed by atoms with van der Waals surface area (Å²) in [6.45, 7) is 1.13. The number of ether oxygens (including phenoxy) is 2. The largest absolute Gasteiger partial charge is 0.493 e. The van der Waals surface area contributed by atoms with Crippen LogP contribution >= 0.6 is 15.9 Å². The lowest BCUT2D eigenvalue weighted by Gasteiger charge is -2.12. The number of hydrogen-bond acceptors (Lipinski definition) is 4. The molecule has 1 rings (SSSR count). The van der Waals surface area contributed by atoms with Crippen LogP contribution in [0.4, 0.5) is 0 Å². The Morgan fingerprint density at radius 1 is 1.32 bits per heavy atom. The Kier molecular flexibility index (Phi) is 6.66. The number of nitrogens with one attached hydrogen (secondary N) is 2. The van der Waals surface area contributed by atoms with Gasteiger partial charge in [0.1, 0.15) is 0 Å². The summed E-state index contributed by atoms with van der Waals surface area (Å²) in [6.07, 6.45) is 0.463. The van der Waals surface area contributed by atoms with Crippen molar-refractivity contribution in [3.8, 4) is 11.5 Å². The maximum absolute atomic E-state index is 11.5. The third kappa shape index (κ3) is 4.72. The molecule has 0 aliphatic heterocycles. The fourth-order valence-electron chi connectivity index (χ4n) is 1.60. The van der Waals surface area contributed by atoms with Crippen LogP contribution in [-0.4, -0.2) is 33.7 Å². The fraction of sp³-hybridized carbons (Fsp3) is 0.462. The van der Waals surface area contributed by atoms with Gasteiger partial charge in [-0.25, -0.2) is 0 Å².